The molecule has 0 unspecified atom stereocenters. The van der Waals surface area contributed by atoms with Gasteiger partial charge in [-0.15, -0.1) is 0 Å². The summed E-state index contributed by atoms with van der Waals surface area (Å²) in [5.74, 6) is 0.0349. The summed E-state index contributed by atoms with van der Waals surface area (Å²) in [6, 6.07) is 4.00. The van der Waals surface area contributed by atoms with Crippen LogP contribution in [0.15, 0.2) is 12.1 Å². The van der Waals surface area contributed by atoms with E-state index in [2.05, 4.69) is 0 Å². The molecule has 0 saturated heterocycles. The SMILES string of the molecule is Cc1cc(C)c(CS(=O)(=O)CCOCCO)c(C)c1. The maximum atomic E-state index is 12.0. The zero-order chi connectivity index (χ0) is 14.5. The van der Waals surface area contributed by atoms with E-state index in [4.69, 9.17) is 9.84 Å². The molecule has 0 bridgehead atoms. The van der Waals surface area contributed by atoms with Gasteiger partial charge in [0.15, 0.2) is 9.84 Å². The molecule has 0 spiro atoms. The Kier molecular flexibility index (Phi) is 5.97. The third kappa shape index (κ3) is 5.30. The average Bonchev–Trinajstić information content (AvgIpc) is 2.29. The van der Waals surface area contributed by atoms with Crippen LogP contribution in [-0.4, -0.2) is 39.1 Å². The standard InChI is InChI=1S/C14H22O4S/c1-11-8-12(2)14(13(3)9-11)10-19(16,17)7-6-18-5-4-15/h8-9,15H,4-7,10H2,1-3H3. The minimum atomic E-state index is -3.18. The van der Waals surface area contributed by atoms with Crippen molar-refractivity contribution < 1.29 is 18.3 Å². The Labute approximate surface area is 115 Å². The summed E-state index contributed by atoms with van der Waals surface area (Å²) in [6.07, 6.45) is 0. The van der Waals surface area contributed by atoms with E-state index in [1.54, 1.807) is 0 Å². The number of benzene rings is 1. The van der Waals surface area contributed by atoms with Gasteiger partial charge in [-0.1, -0.05) is 17.7 Å². The number of ether oxygens (including phenoxy) is 1. The average molecular weight is 286 g/mol. The Morgan fingerprint density at radius 2 is 1.68 bits per heavy atom. The summed E-state index contributed by atoms with van der Waals surface area (Å²) in [5.41, 5.74) is 4.05. The third-order valence-electron chi connectivity index (χ3n) is 2.98. The van der Waals surface area contributed by atoms with Gasteiger partial charge >= 0.3 is 0 Å². The summed E-state index contributed by atoms with van der Waals surface area (Å²) in [7, 11) is -3.18. The Morgan fingerprint density at radius 3 is 2.21 bits per heavy atom. The number of sulfone groups is 1. The van der Waals surface area contributed by atoms with Gasteiger partial charge in [-0.25, -0.2) is 8.42 Å². The summed E-state index contributed by atoms with van der Waals surface area (Å²) in [4.78, 5) is 0. The number of aliphatic hydroxyl groups is 1. The lowest BCUT2D eigenvalue weighted by atomic mass is 10.0. The first-order chi connectivity index (χ1) is 8.85. The second kappa shape index (κ2) is 7.03. The van der Waals surface area contributed by atoms with Crippen molar-refractivity contribution in [3.05, 3.63) is 34.4 Å². The van der Waals surface area contributed by atoms with Gasteiger partial charge in [-0.2, -0.15) is 0 Å². The lowest BCUT2D eigenvalue weighted by Gasteiger charge is -2.12. The number of hydrogen-bond donors (Lipinski definition) is 1. The summed E-state index contributed by atoms with van der Waals surface area (Å²) in [5, 5.41) is 8.56. The second-order valence-electron chi connectivity index (χ2n) is 4.81. The molecular weight excluding hydrogens is 264 g/mol. The maximum Gasteiger partial charge on any atom is 0.156 e. The lowest BCUT2D eigenvalue weighted by molar-refractivity contribution is 0.103. The van der Waals surface area contributed by atoms with Crippen LogP contribution >= 0.6 is 0 Å². The minimum Gasteiger partial charge on any atom is -0.394 e. The number of hydrogen-bond acceptors (Lipinski definition) is 4. The Morgan fingerprint density at radius 1 is 1.11 bits per heavy atom. The molecule has 0 aromatic heterocycles. The monoisotopic (exact) mass is 286 g/mol. The van der Waals surface area contributed by atoms with E-state index < -0.39 is 9.84 Å². The van der Waals surface area contributed by atoms with Crippen LogP contribution in [0.4, 0.5) is 0 Å². The van der Waals surface area contributed by atoms with E-state index in [9.17, 15) is 8.42 Å². The molecule has 108 valence electrons. The van der Waals surface area contributed by atoms with E-state index in [-0.39, 0.29) is 31.3 Å². The minimum absolute atomic E-state index is 0.0141. The molecule has 0 amide bonds. The molecule has 0 heterocycles. The third-order valence-corrected chi connectivity index (χ3v) is 4.50. The van der Waals surface area contributed by atoms with E-state index in [0.29, 0.717) is 0 Å². The van der Waals surface area contributed by atoms with Crippen LogP contribution in [0.3, 0.4) is 0 Å². The predicted molar refractivity (Wildman–Crippen MR) is 76.0 cm³/mol. The molecule has 19 heavy (non-hydrogen) atoms. The van der Waals surface area contributed by atoms with Crippen LogP contribution in [0.5, 0.6) is 0 Å². The molecule has 1 rings (SSSR count). The van der Waals surface area contributed by atoms with Gasteiger partial charge in [0.2, 0.25) is 0 Å². The van der Waals surface area contributed by atoms with Gasteiger partial charge in [-0.3, -0.25) is 0 Å². The molecule has 1 aromatic rings. The van der Waals surface area contributed by atoms with Crippen LogP contribution in [0, 0.1) is 20.8 Å². The highest BCUT2D eigenvalue weighted by atomic mass is 32.2. The van der Waals surface area contributed by atoms with Crippen LogP contribution in [0.25, 0.3) is 0 Å². The maximum absolute atomic E-state index is 12.0. The van der Waals surface area contributed by atoms with Gasteiger partial charge in [0.05, 0.1) is 31.3 Å². The Hall–Kier alpha value is -0.910. The van der Waals surface area contributed by atoms with Crippen molar-refractivity contribution in [2.45, 2.75) is 26.5 Å². The van der Waals surface area contributed by atoms with E-state index in [1.807, 2.05) is 32.9 Å². The zero-order valence-electron chi connectivity index (χ0n) is 11.8. The van der Waals surface area contributed by atoms with Crippen molar-refractivity contribution in [3.63, 3.8) is 0 Å². The highest BCUT2D eigenvalue weighted by Gasteiger charge is 2.15. The Bertz CT molecular complexity index is 497. The molecular formula is C14H22O4S. The molecule has 1 N–H and O–H groups in total. The second-order valence-corrected chi connectivity index (χ2v) is 6.99. The van der Waals surface area contributed by atoms with Gasteiger partial charge in [-0.05, 0) is 37.5 Å². The molecule has 1 aromatic carbocycles. The topological polar surface area (TPSA) is 63.6 Å². The predicted octanol–water partition coefficient (Wildman–Crippen LogP) is 1.54. The summed E-state index contributed by atoms with van der Waals surface area (Å²) < 4.78 is 29.0. The fourth-order valence-electron chi connectivity index (χ4n) is 2.08. The number of aliphatic hydroxyl groups excluding tert-OH is 1. The first kappa shape index (κ1) is 16.1. The fourth-order valence-corrected chi connectivity index (χ4v) is 3.49. The van der Waals surface area contributed by atoms with Crippen LogP contribution in [0.1, 0.15) is 22.3 Å². The molecule has 5 heteroatoms. The molecule has 0 aliphatic heterocycles. The summed E-state index contributed by atoms with van der Waals surface area (Å²) >= 11 is 0. The van der Waals surface area contributed by atoms with E-state index >= 15 is 0 Å². The smallest absolute Gasteiger partial charge is 0.156 e. The molecule has 0 radical (unpaired) electrons. The van der Waals surface area contributed by atoms with Crippen LogP contribution in [0.2, 0.25) is 0 Å². The number of aryl methyl sites for hydroxylation is 3. The van der Waals surface area contributed by atoms with Crippen molar-refractivity contribution >= 4 is 9.84 Å². The molecule has 0 aliphatic rings. The zero-order valence-corrected chi connectivity index (χ0v) is 12.6. The molecule has 0 saturated carbocycles. The molecule has 0 atom stereocenters. The molecule has 0 aliphatic carbocycles. The highest BCUT2D eigenvalue weighted by Crippen LogP contribution is 2.19. The first-order valence-electron chi connectivity index (χ1n) is 6.31. The van der Waals surface area contributed by atoms with Gasteiger partial charge < -0.3 is 9.84 Å². The van der Waals surface area contributed by atoms with Gasteiger partial charge in [0.1, 0.15) is 0 Å². The van der Waals surface area contributed by atoms with E-state index in [0.717, 1.165) is 22.3 Å². The largest absolute Gasteiger partial charge is 0.394 e. The van der Waals surface area contributed by atoms with Crippen molar-refractivity contribution in [1.82, 2.24) is 0 Å². The normalized spacial score (nSPS) is 11.8. The highest BCUT2D eigenvalue weighted by molar-refractivity contribution is 7.90. The summed E-state index contributed by atoms with van der Waals surface area (Å²) in [6.45, 7) is 6.10. The Balaban J connectivity index is 2.73. The van der Waals surface area contributed by atoms with Crippen LogP contribution < -0.4 is 0 Å². The fraction of sp³-hybridized carbons (Fsp3) is 0.571. The molecule has 4 nitrogen and oxygen atoms in total. The van der Waals surface area contributed by atoms with Crippen molar-refractivity contribution in [3.8, 4) is 0 Å². The molecule has 0 fully saturated rings. The number of rotatable bonds is 7. The van der Waals surface area contributed by atoms with Crippen molar-refractivity contribution in [2.24, 2.45) is 0 Å². The van der Waals surface area contributed by atoms with E-state index in [1.165, 1.54) is 0 Å². The lowest BCUT2D eigenvalue weighted by Crippen LogP contribution is -2.16. The van der Waals surface area contributed by atoms with Crippen molar-refractivity contribution in [2.75, 3.05) is 25.6 Å². The van der Waals surface area contributed by atoms with Crippen LogP contribution in [-0.2, 0) is 20.3 Å². The quantitative estimate of drug-likeness (QED) is 0.772. The first-order valence-corrected chi connectivity index (χ1v) is 8.13. The van der Waals surface area contributed by atoms with Crippen molar-refractivity contribution in [1.29, 1.82) is 0 Å². The van der Waals surface area contributed by atoms with Gasteiger partial charge in [0.25, 0.3) is 0 Å². The van der Waals surface area contributed by atoms with Gasteiger partial charge in [0, 0.05) is 0 Å².